The molecule has 0 fully saturated rings. The lowest BCUT2D eigenvalue weighted by Gasteiger charge is -2.20. The van der Waals surface area contributed by atoms with Crippen molar-refractivity contribution >= 4 is 38.2 Å². The Labute approximate surface area is 160 Å². The maximum atomic E-state index is 14.5. The Balaban J connectivity index is 2.06. The SMILES string of the molecule is Cc1nnc(NC(C)c2cc(N)cc(C(F)(F)F)c2F)c2cc(Br)ccc12. The molecule has 0 aliphatic rings. The molecule has 0 radical (unpaired) electrons. The number of aromatic nitrogens is 2. The molecular weight excluding hydrogens is 428 g/mol. The van der Waals surface area contributed by atoms with E-state index in [0.717, 1.165) is 9.86 Å². The Kier molecular flexibility index (Phi) is 4.98. The number of rotatable bonds is 3. The minimum absolute atomic E-state index is 0.171. The van der Waals surface area contributed by atoms with Gasteiger partial charge in [-0.15, -0.1) is 5.10 Å². The van der Waals surface area contributed by atoms with Gasteiger partial charge in [0, 0.05) is 26.5 Å². The number of halogens is 5. The fraction of sp³-hybridized carbons (Fsp3) is 0.222. The lowest BCUT2D eigenvalue weighted by atomic mass is 10.0. The predicted molar refractivity (Wildman–Crippen MR) is 99.8 cm³/mol. The second-order valence-electron chi connectivity index (χ2n) is 6.16. The summed E-state index contributed by atoms with van der Waals surface area (Å²) < 4.78 is 54.4. The van der Waals surface area contributed by atoms with Crippen molar-refractivity contribution in [3.8, 4) is 0 Å². The smallest absolute Gasteiger partial charge is 0.399 e. The van der Waals surface area contributed by atoms with Crippen molar-refractivity contribution in [2.24, 2.45) is 0 Å². The van der Waals surface area contributed by atoms with Crippen LogP contribution in [0.5, 0.6) is 0 Å². The van der Waals surface area contributed by atoms with Gasteiger partial charge in [0.15, 0.2) is 5.82 Å². The summed E-state index contributed by atoms with van der Waals surface area (Å²) >= 11 is 3.38. The van der Waals surface area contributed by atoms with Crippen LogP contribution in [0.4, 0.5) is 29.1 Å². The second kappa shape index (κ2) is 6.95. The zero-order valence-electron chi connectivity index (χ0n) is 14.3. The Morgan fingerprint density at radius 3 is 2.48 bits per heavy atom. The van der Waals surface area contributed by atoms with Crippen molar-refractivity contribution in [2.75, 3.05) is 11.1 Å². The van der Waals surface area contributed by atoms with Crippen molar-refractivity contribution in [3.05, 3.63) is 57.4 Å². The molecule has 0 bridgehead atoms. The van der Waals surface area contributed by atoms with E-state index >= 15 is 0 Å². The van der Waals surface area contributed by atoms with Gasteiger partial charge >= 0.3 is 6.18 Å². The largest absolute Gasteiger partial charge is 0.419 e. The molecule has 0 spiro atoms. The highest BCUT2D eigenvalue weighted by Crippen LogP contribution is 2.37. The molecule has 1 atom stereocenters. The van der Waals surface area contributed by atoms with E-state index in [2.05, 4.69) is 31.4 Å². The monoisotopic (exact) mass is 442 g/mol. The highest BCUT2D eigenvalue weighted by atomic mass is 79.9. The van der Waals surface area contributed by atoms with E-state index in [1.54, 1.807) is 6.92 Å². The lowest BCUT2D eigenvalue weighted by molar-refractivity contribution is -0.140. The van der Waals surface area contributed by atoms with Gasteiger partial charge in [-0.25, -0.2) is 4.39 Å². The predicted octanol–water partition coefficient (Wildman–Crippen LogP) is 5.61. The maximum Gasteiger partial charge on any atom is 0.419 e. The number of aryl methyl sites for hydroxylation is 1. The van der Waals surface area contributed by atoms with Crippen LogP contribution in [0.25, 0.3) is 10.8 Å². The van der Waals surface area contributed by atoms with E-state index in [4.69, 9.17) is 5.73 Å². The number of nitrogen functional groups attached to an aromatic ring is 1. The standard InChI is InChI=1S/C18H15BrF4N4/c1-8(13-6-11(24)7-15(16(13)20)18(21,22)23)25-17-14-5-10(19)3-4-12(14)9(2)26-27-17/h3-8H,24H2,1-2H3,(H,25,27). The molecule has 2 aromatic carbocycles. The second-order valence-corrected chi connectivity index (χ2v) is 7.08. The molecule has 0 saturated heterocycles. The van der Waals surface area contributed by atoms with Gasteiger partial charge in [0.2, 0.25) is 0 Å². The van der Waals surface area contributed by atoms with Crippen molar-refractivity contribution in [2.45, 2.75) is 26.1 Å². The fourth-order valence-electron chi connectivity index (χ4n) is 2.84. The number of nitrogens with zero attached hydrogens (tertiary/aromatic N) is 2. The van der Waals surface area contributed by atoms with E-state index in [0.29, 0.717) is 23.0 Å². The summed E-state index contributed by atoms with van der Waals surface area (Å²) in [7, 11) is 0. The van der Waals surface area contributed by atoms with Gasteiger partial charge in [-0.2, -0.15) is 18.3 Å². The molecule has 9 heteroatoms. The van der Waals surface area contributed by atoms with Gasteiger partial charge in [-0.3, -0.25) is 0 Å². The number of hydrogen-bond acceptors (Lipinski definition) is 4. The number of anilines is 2. The van der Waals surface area contributed by atoms with Crippen LogP contribution >= 0.6 is 15.9 Å². The molecule has 1 heterocycles. The van der Waals surface area contributed by atoms with Crippen LogP contribution < -0.4 is 11.1 Å². The summed E-state index contributed by atoms with van der Waals surface area (Å²) in [5.41, 5.74) is 4.49. The van der Waals surface area contributed by atoms with E-state index < -0.39 is 23.6 Å². The summed E-state index contributed by atoms with van der Waals surface area (Å²) in [5, 5.41) is 12.6. The summed E-state index contributed by atoms with van der Waals surface area (Å²) in [5.74, 6) is -1.03. The highest BCUT2D eigenvalue weighted by Gasteiger charge is 2.36. The molecule has 142 valence electrons. The van der Waals surface area contributed by atoms with E-state index in [9.17, 15) is 17.6 Å². The number of benzene rings is 2. The first kappa shape index (κ1) is 19.3. The van der Waals surface area contributed by atoms with Crippen LogP contribution in [0.2, 0.25) is 0 Å². The highest BCUT2D eigenvalue weighted by molar-refractivity contribution is 9.10. The van der Waals surface area contributed by atoms with Crippen LogP contribution in [0, 0.1) is 12.7 Å². The first-order valence-electron chi connectivity index (χ1n) is 7.93. The molecule has 1 unspecified atom stereocenters. The van der Waals surface area contributed by atoms with E-state index in [1.165, 1.54) is 13.0 Å². The molecule has 1 aromatic heterocycles. The average molecular weight is 443 g/mol. The Morgan fingerprint density at radius 1 is 1.11 bits per heavy atom. The summed E-state index contributed by atoms with van der Waals surface area (Å²) in [6.07, 6.45) is -4.84. The lowest BCUT2D eigenvalue weighted by Crippen LogP contribution is -2.16. The van der Waals surface area contributed by atoms with Gasteiger partial charge in [-0.05, 0) is 38.1 Å². The quantitative estimate of drug-likeness (QED) is 0.408. The molecule has 0 amide bonds. The van der Waals surface area contributed by atoms with Crippen LogP contribution in [0.15, 0.2) is 34.8 Å². The molecule has 0 saturated carbocycles. The Bertz CT molecular complexity index is 1020. The molecule has 3 aromatic rings. The minimum Gasteiger partial charge on any atom is -0.399 e. The molecule has 0 aliphatic carbocycles. The fourth-order valence-corrected chi connectivity index (χ4v) is 3.20. The molecule has 3 N–H and O–H groups in total. The first-order chi connectivity index (χ1) is 12.6. The third-order valence-electron chi connectivity index (χ3n) is 4.17. The van der Waals surface area contributed by atoms with Gasteiger partial charge in [0.1, 0.15) is 5.82 Å². The molecule has 27 heavy (non-hydrogen) atoms. The summed E-state index contributed by atoms with van der Waals surface area (Å²) in [4.78, 5) is 0. The van der Waals surface area contributed by atoms with Crippen LogP contribution in [-0.4, -0.2) is 10.2 Å². The van der Waals surface area contributed by atoms with Crippen molar-refractivity contribution in [1.29, 1.82) is 0 Å². The zero-order chi connectivity index (χ0) is 19.9. The third kappa shape index (κ3) is 3.83. The Hall–Kier alpha value is -2.42. The van der Waals surface area contributed by atoms with Gasteiger partial charge in [-0.1, -0.05) is 22.0 Å². The number of fused-ring (bicyclic) bond motifs is 1. The number of alkyl halides is 3. The number of hydrogen-bond donors (Lipinski definition) is 2. The van der Waals surface area contributed by atoms with Crippen molar-refractivity contribution in [1.82, 2.24) is 10.2 Å². The summed E-state index contributed by atoms with van der Waals surface area (Å²) in [6.45, 7) is 3.33. The zero-order valence-corrected chi connectivity index (χ0v) is 15.9. The normalized spacial score (nSPS) is 13.0. The van der Waals surface area contributed by atoms with Crippen LogP contribution in [0.1, 0.15) is 29.8 Å². The maximum absolute atomic E-state index is 14.5. The minimum atomic E-state index is -4.84. The van der Waals surface area contributed by atoms with Gasteiger partial charge < -0.3 is 11.1 Å². The van der Waals surface area contributed by atoms with E-state index in [-0.39, 0.29) is 11.3 Å². The number of nitrogens with one attached hydrogen (secondary N) is 1. The van der Waals surface area contributed by atoms with Crippen LogP contribution in [0.3, 0.4) is 0 Å². The first-order valence-corrected chi connectivity index (χ1v) is 8.72. The molecular formula is C18H15BrF4N4. The van der Waals surface area contributed by atoms with Crippen LogP contribution in [-0.2, 0) is 6.18 Å². The average Bonchev–Trinajstić information content (AvgIpc) is 2.58. The molecule has 4 nitrogen and oxygen atoms in total. The molecule has 0 aliphatic heterocycles. The van der Waals surface area contributed by atoms with Gasteiger partial charge in [0.05, 0.1) is 17.3 Å². The number of nitrogens with two attached hydrogens (primary N) is 1. The Morgan fingerprint density at radius 2 is 1.81 bits per heavy atom. The summed E-state index contributed by atoms with van der Waals surface area (Å²) in [6, 6.07) is 6.45. The van der Waals surface area contributed by atoms with Crippen molar-refractivity contribution < 1.29 is 17.6 Å². The molecule has 3 rings (SSSR count). The topological polar surface area (TPSA) is 63.8 Å². The van der Waals surface area contributed by atoms with Crippen molar-refractivity contribution in [3.63, 3.8) is 0 Å². The van der Waals surface area contributed by atoms with Gasteiger partial charge in [0.25, 0.3) is 0 Å². The third-order valence-corrected chi connectivity index (χ3v) is 4.67. The van der Waals surface area contributed by atoms with E-state index in [1.807, 2.05) is 18.2 Å².